The van der Waals surface area contributed by atoms with Gasteiger partial charge in [0, 0.05) is 11.3 Å². The second-order valence-electron chi connectivity index (χ2n) is 4.60. The van der Waals surface area contributed by atoms with E-state index >= 15 is 0 Å². The Morgan fingerprint density at radius 2 is 1.61 bits per heavy atom. The Morgan fingerprint density at radius 1 is 0.870 bits per heavy atom. The number of benzene rings is 2. The highest BCUT2D eigenvalue weighted by Gasteiger charge is 2.12. The van der Waals surface area contributed by atoms with E-state index in [9.17, 15) is 9.59 Å². The molecule has 2 aromatic carbocycles. The number of hydrogen-bond donors (Lipinski definition) is 1. The maximum absolute atomic E-state index is 12.3. The van der Waals surface area contributed by atoms with Crippen molar-refractivity contribution in [3.8, 4) is 11.5 Å². The number of nitrogens with one attached hydrogen (secondary N) is 1. The van der Waals surface area contributed by atoms with Crippen molar-refractivity contribution in [1.29, 1.82) is 0 Å². The number of amides is 1. The molecule has 0 atom stereocenters. The van der Waals surface area contributed by atoms with Crippen molar-refractivity contribution in [3.05, 3.63) is 53.6 Å². The monoisotopic (exact) mass is 315 g/mol. The Balaban J connectivity index is 2.20. The van der Waals surface area contributed by atoms with Crippen molar-refractivity contribution < 1.29 is 23.8 Å². The normalized spacial score (nSPS) is 9.87. The van der Waals surface area contributed by atoms with Gasteiger partial charge in [0.25, 0.3) is 5.91 Å². The second kappa shape index (κ2) is 7.31. The summed E-state index contributed by atoms with van der Waals surface area (Å²) >= 11 is 0. The fourth-order valence-corrected chi connectivity index (χ4v) is 2.02. The molecular weight excluding hydrogens is 298 g/mol. The third-order valence-corrected chi connectivity index (χ3v) is 3.19. The summed E-state index contributed by atoms with van der Waals surface area (Å²) in [4.78, 5) is 23.8. The quantitative estimate of drug-likeness (QED) is 0.859. The Hall–Kier alpha value is -3.02. The molecular formula is C17H17NO5. The van der Waals surface area contributed by atoms with Crippen molar-refractivity contribution >= 4 is 17.6 Å². The number of rotatable bonds is 5. The first-order chi connectivity index (χ1) is 11.1. The van der Waals surface area contributed by atoms with Gasteiger partial charge in [0.15, 0.2) is 11.5 Å². The fraction of sp³-hybridized carbons (Fsp3) is 0.176. The molecule has 0 fully saturated rings. The first-order valence-electron chi connectivity index (χ1n) is 6.80. The van der Waals surface area contributed by atoms with Crippen LogP contribution in [0.4, 0.5) is 5.69 Å². The molecule has 2 rings (SSSR count). The maximum Gasteiger partial charge on any atom is 0.337 e. The van der Waals surface area contributed by atoms with Gasteiger partial charge in [-0.3, -0.25) is 4.79 Å². The van der Waals surface area contributed by atoms with Gasteiger partial charge in [-0.15, -0.1) is 0 Å². The average Bonchev–Trinajstić information content (AvgIpc) is 2.60. The van der Waals surface area contributed by atoms with Crippen molar-refractivity contribution in [2.75, 3.05) is 26.6 Å². The van der Waals surface area contributed by atoms with Crippen molar-refractivity contribution in [3.63, 3.8) is 0 Å². The zero-order valence-corrected chi connectivity index (χ0v) is 13.1. The SMILES string of the molecule is COC(=O)c1cccc(NC(=O)c2ccc(OC)c(OC)c2)c1. The molecule has 0 aliphatic heterocycles. The molecule has 1 N–H and O–H groups in total. The number of carbonyl (C=O) groups is 2. The van der Waals surface area contributed by atoms with E-state index in [1.165, 1.54) is 21.3 Å². The summed E-state index contributed by atoms with van der Waals surface area (Å²) in [5.41, 5.74) is 1.26. The van der Waals surface area contributed by atoms with E-state index in [1.54, 1.807) is 42.5 Å². The Bertz CT molecular complexity index is 727. The number of anilines is 1. The molecule has 6 nitrogen and oxygen atoms in total. The predicted molar refractivity (Wildman–Crippen MR) is 85.3 cm³/mol. The highest BCUT2D eigenvalue weighted by atomic mass is 16.5. The molecule has 0 bridgehead atoms. The molecule has 0 aromatic heterocycles. The van der Waals surface area contributed by atoms with Crippen LogP contribution in [0.3, 0.4) is 0 Å². The summed E-state index contributed by atoms with van der Waals surface area (Å²) in [6, 6.07) is 11.4. The molecule has 2 aromatic rings. The molecule has 0 heterocycles. The molecule has 0 aliphatic carbocycles. The lowest BCUT2D eigenvalue weighted by Crippen LogP contribution is -2.13. The Kier molecular flexibility index (Phi) is 5.19. The highest BCUT2D eigenvalue weighted by molar-refractivity contribution is 6.05. The van der Waals surface area contributed by atoms with Crippen molar-refractivity contribution in [1.82, 2.24) is 0 Å². The third kappa shape index (κ3) is 3.79. The Morgan fingerprint density at radius 3 is 2.26 bits per heavy atom. The number of hydrogen-bond acceptors (Lipinski definition) is 5. The van der Waals surface area contributed by atoms with Gasteiger partial charge in [-0.05, 0) is 36.4 Å². The largest absolute Gasteiger partial charge is 0.493 e. The van der Waals surface area contributed by atoms with Gasteiger partial charge in [0.05, 0.1) is 26.9 Å². The number of methoxy groups -OCH3 is 3. The second-order valence-corrected chi connectivity index (χ2v) is 4.60. The van der Waals surface area contributed by atoms with Gasteiger partial charge in [-0.1, -0.05) is 6.07 Å². The number of carbonyl (C=O) groups excluding carboxylic acids is 2. The standard InChI is InChI=1S/C17H17NO5/c1-21-14-8-7-11(10-15(14)22-2)16(19)18-13-6-4-5-12(9-13)17(20)23-3/h4-10H,1-3H3,(H,18,19). The zero-order valence-electron chi connectivity index (χ0n) is 13.1. The molecule has 0 aliphatic rings. The summed E-state index contributed by atoms with van der Waals surface area (Å²) in [6.07, 6.45) is 0. The van der Waals surface area contributed by atoms with Crippen LogP contribution in [-0.2, 0) is 4.74 Å². The van der Waals surface area contributed by atoms with Crippen molar-refractivity contribution in [2.24, 2.45) is 0 Å². The molecule has 1 amide bonds. The molecule has 0 radical (unpaired) electrons. The molecule has 6 heteroatoms. The summed E-state index contributed by atoms with van der Waals surface area (Å²) in [5, 5.41) is 2.72. The molecule has 0 saturated heterocycles. The lowest BCUT2D eigenvalue weighted by atomic mass is 10.1. The van der Waals surface area contributed by atoms with E-state index in [-0.39, 0.29) is 5.91 Å². The van der Waals surface area contributed by atoms with Gasteiger partial charge in [-0.2, -0.15) is 0 Å². The van der Waals surface area contributed by atoms with Gasteiger partial charge >= 0.3 is 5.97 Å². The maximum atomic E-state index is 12.3. The molecule has 0 spiro atoms. The van der Waals surface area contributed by atoms with Crippen LogP contribution in [0.2, 0.25) is 0 Å². The fourth-order valence-electron chi connectivity index (χ4n) is 2.02. The molecule has 120 valence electrons. The number of ether oxygens (including phenoxy) is 3. The number of esters is 1. The highest BCUT2D eigenvalue weighted by Crippen LogP contribution is 2.27. The van der Waals surface area contributed by atoms with Crippen LogP contribution in [0.5, 0.6) is 11.5 Å². The summed E-state index contributed by atoms with van der Waals surface area (Å²) in [5.74, 6) is 0.209. The lowest BCUT2D eigenvalue weighted by molar-refractivity contribution is 0.0600. The third-order valence-electron chi connectivity index (χ3n) is 3.19. The predicted octanol–water partition coefficient (Wildman–Crippen LogP) is 2.74. The van der Waals surface area contributed by atoms with Gasteiger partial charge < -0.3 is 19.5 Å². The average molecular weight is 315 g/mol. The van der Waals surface area contributed by atoms with Crippen molar-refractivity contribution in [2.45, 2.75) is 0 Å². The van der Waals surface area contributed by atoms with E-state index in [0.717, 1.165) is 0 Å². The summed E-state index contributed by atoms with van der Waals surface area (Å²) in [6.45, 7) is 0. The topological polar surface area (TPSA) is 73.9 Å². The first-order valence-corrected chi connectivity index (χ1v) is 6.80. The van der Waals surface area contributed by atoms with E-state index in [0.29, 0.717) is 28.3 Å². The molecule has 0 unspecified atom stereocenters. The minimum atomic E-state index is -0.466. The van der Waals surface area contributed by atoms with E-state index in [1.807, 2.05) is 0 Å². The van der Waals surface area contributed by atoms with E-state index < -0.39 is 5.97 Å². The van der Waals surface area contributed by atoms with Crippen LogP contribution in [0, 0.1) is 0 Å². The van der Waals surface area contributed by atoms with Gasteiger partial charge in [0.1, 0.15) is 0 Å². The van der Waals surface area contributed by atoms with Crippen LogP contribution in [-0.4, -0.2) is 33.2 Å². The van der Waals surface area contributed by atoms with E-state index in [4.69, 9.17) is 9.47 Å². The van der Waals surface area contributed by atoms with Crippen LogP contribution in [0.25, 0.3) is 0 Å². The van der Waals surface area contributed by atoms with Gasteiger partial charge in [-0.25, -0.2) is 4.79 Å². The van der Waals surface area contributed by atoms with Crippen LogP contribution in [0.1, 0.15) is 20.7 Å². The van der Waals surface area contributed by atoms with Crippen LogP contribution >= 0.6 is 0 Å². The molecule has 0 saturated carbocycles. The zero-order chi connectivity index (χ0) is 16.8. The molecule has 23 heavy (non-hydrogen) atoms. The van der Waals surface area contributed by atoms with Gasteiger partial charge in [0.2, 0.25) is 0 Å². The minimum Gasteiger partial charge on any atom is -0.493 e. The smallest absolute Gasteiger partial charge is 0.337 e. The minimum absolute atomic E-state index is 0.326. The Labute approximate surface area is 134 Å². The summed E-state index contributed by atoms with van der Waals surface area (Å²) in [7, 11) is 4.33. The summed E-state index contributed by atoms with van der Waals surface area (Å²) < 4.78 is 15.0. The van der Waals surface area contributed by atoms with E-state index in [2.05, 4.69) is 10.1 Å². The van der Waals surface area contributed by atoms with Crippen LogP contribution in [0.15, 0.2) is 42.5 Å². The van der Waals surface area contributed by atoms with Crippen LogP contribution < -0.4 is 14.8 Å². The lowest BCUT2D eigenvalue weighted by Gasteiger charge is -2.10. The first kappa shape index (κ1) is 16.4.